The van der Waals surface area contributed by atoms with Gasteiger partial charge in [-0.2, -0.15) is 0 Å². The smallest absolute Gasteiger partial charge is 0.336 e. The van der Waals surface area contributed by atoms with E-state index in [0.717, 1.165) is 6.26 Å². The van der Waals surface area contributed by atoms with Gasteiger partial charge in [0.25, 0.3) is 0 Å². The molecule has 1 aromatic carbocycles. The van der Waals surface area contributed by atoms with Crippen molar-refractivity contribution in [1.82, 2.24) is 9.71 Å². The second-order valence-corrected chi connectivity index (χ2v) is 7.01. The van der Waals surface area contributed by atoms with Crippen molar-refractivity contribution < 1.29 is 18.3 Å². The number of carboxylic acids is 1. The fourth-order valence-corrected chi connectivity index (χ4v) is 2.98. The Morgan fingerprint density at radius 1 is 1.40 bits per heavy atom. The fraction of sp³-hybridized carbons (Fsp3) is 0.167. The van der Waals surface area contributed by atoms with Crippen LogP contribution in [-0.4, -0.2) is 30.7 Å². The van der Waals surface area contributed by atoms with Gasteiger partial charge in [0.05, 0.1) is 23.2 Å². The van der Waals surface area contributed by atoms with E-state index >= 15 is 0 Å². The Kier molecular flexibility index (Phi) is 4.17. The molecule has 1 heterocycles. The zero-order chi connectivity index (χ0) is 14.8. The van der Waals surface area contributed by atoms with Crippen LogP contribution in [0.15, 0.2) is 30.5 Å². The standard InChI is InChI=1S/C12H12N2O4S2/c1-20(17,18)14-7-11-13-6-10(19-11)8-4-2-3-5-9(8)12(15)16/h2-6,14H,7H2,1H3,(H,15,16). The first-order valence-corrected chi connectivity index (χ1v) is 8.29. The monoisotopic (exact) mass is 312 g/mol. The summed E-state index contributed by atoms with van der Waals surface area (Å²) in [7, 11) is -3.28. The van der Waals surface area contributed by atoms with E-state index in [1.54, 1.807) is 24.4 Å². The topological polar surface area (TPSA) is 96.4 Å². The first kappa shape index (κ1) is 14.6. The predicted octanol–water partition coefficient (Wildman–Crippen LogP) is 1.56. The number of carbonyl (C=O) groups is 1. The van der Waals surface area contributed by atoms with Gasteiger partial charge in [0.2, 0.25) is 10.0 Å². The van der Waals surface area contributed by atoms with E-state index in [1.165, 1.54) is 17.4 Å². The molecule has 1 aromatic heterocycles. The van der Waals surface area contributed by atoms with Crippen molar-refractivity contribution in [2.24, 2.45) is 0 Å². The van der Waals surface area contributed by atoms with Crippen LogP contribution in [0, 0.1) is 0 Å². The maximum atomic E-state index is 11.2. The van der Waals surface area contributed by atoms with Gasteiger partial charge in [-0.15, -0.1) is 11.3 Å². The minimum Gasteiger partial charge on any atom is -0.478 e. The lowest BCUT2D eigenvalue weighted by atomic mass is 10.1. The molecular formula is C12H12N2O4S2. The second kappa shape index (κ2) is 5.70. The summed E-state index contributed by atoms with van der Waals surface area (Å²) in [6, 6.07) is 6.62. The van der Waals surface area contributed by atoms with Crippen molar-refractivity contribution in [1.29, 1.82) is 0 Å². The van der Waals surface area contributed by atoms with E-state index in [0.29, 0.717) is 15.4 Å². The molecule has 0 aliphatic carbocycles. The quantitative estimate of drug-likeness (QED) is 0.873. The number of rotatable bonds is 5. The van der Waals surface area contributed by atoms with Crippen LogP contribution in [0.2, 0.25) is 0 Å². The lowest BCUT2D eigenvalue weighted by Crippen LogP contribution is -2.20. The first-order valence-electron chi connectivity index (χ1n) is 5.59. The molecule has 8 heteroatoms. The van der Waals surface area contributed by atoms with Crippen LogP contribution in [0.4, 0.5) is 0 Å². The van der Waals surface area contributed by atoms with Gasteiger partial charge in [-0.1, -0.05) is 18.2 Å². The highest BCUT2D eigenvalue weighted by Gasteiger charge is 2.13. The van der Waals surface area contributed by atoms with E-state index in [2.05, 4.69) is 9.71 Å². The SMILES string of the molecule is CS(=O)(=O)NCc1ncc(-c2ccccc2C(=O)O)s1. The van der Waals surface area contributed by atoms with Gasteiger partial charge in [0, 0.05) is 11.8 Å². The molecule has 0 aliphatic rings. The Hall–Kier alpha value is -1.77. The molecule has 0 amide bonds. The summed E-state index contributed by atoms with van der Waals surface area (Å²) < 4.78 is 24.4. The number of hydrogen-bond acceptors (Lipinski definition) is 5. The van der Waals surface area contributed by atoms with Gasteiger partial charge >= 0.3 is 5.97 Å². The molecule has 0 saturated heterocycles. The maximum Gasteiger partial charge on any atom is 0.336 e. The summed E-state index contributed by atoms with van der Waals surface area (Å²) in [5, 5.41) is 9.71. The lowest BCUT2D eigenvalue weighted by molar-refractivity contribution is 0.0697. The fourth-order valence-electron chi connectivity index (χ4n) is 1.59. The van der Waals surface area contributed by atoms with Crippen LogP contribution < -0.4 is 4.72 Å². The Morgan fingerprint density at radius 3 is 2.75 bits per heavy atom. The van der Waals surface area contributed by atoms with Gasteiger partial charge < -0.3 is 5.11 Å². The van der Waals surface area contributed by atoms with E-state index in [9.17, 15) is 13.2 Å². The number of carboxylic acid groups (broad SMARTS) is 1. The number of sulfonamides is 1. The molecule has 2 rings (SSSR count). The minimum atomic E-state index is -3.28. The van der Waals surface area contributed by atoms with E-state index in [1.807, 2.05) is 0 Å². The van der Waals surface area contributed by atoms with Crippen LogP contribution in [0.5, 0.6) is 0 Å². The lowest BCUT2D eigenvalue weighted by Gasteiger charge is -2.02. The van der Waals surface area contributed by atoms with Gasteiger partial charge in [-0.25, -0.2) is 22.9 Å². The van der Waals surface area contributed by atoms with Crippen molar-refractivity contribution in [3.63, 3.8) is 0 Å². The number of hydrogen-bond donors (Lipinski definition) is 2. The second-order valence-electron chi connectivity index (χ2n) is 4.06. The van der Waals surface area contributed by atoms with Gasteiger partial charge in [0.15, 0.2) is 0 Å². The number of nitrogens with zero attached hydrogens (tertiary/aromatic N) is 1. The minimum absolute atomic E-state index is 0.0960. The Bertz CT molecular complexity index is 737. The third-order valence-electron chi connectivity index (χ3n) is 2.46. The summed E-state index contributed by atoms with van der Waals surface area (Å²) in [5.41, 5.74) is 0.766. The largest absolute Gasteiger partial charge is 0.478 e. The highest BCUT2D eigenvalue weighted by atomic mass is 32.2. The van der Waals surface area contributed by atoms with Gasteiger partial charge in [-0.3, -0.25) is 0 Å². The maximum absolute atomic E-state index is 11.2. The van der Waals surface area contributed by atoms with Crippen molar-refractivity contribution in [2.45, 2.75) is 6.54 Å². The van der Waals surface area contributed by atoms with Crippen LogP contribution in [0.1, 0.15) is 15.4 Å². The molecule has 6 nitrogen and oxygen atoms in total. The number of nitrogens with one attached hydrogen (secondary N) is 1. The summed E-state index contributed by atoms with van der Waals surface area (Å²) in [6.07, 6.45) is 2.62. The molecule has 0 unspecified atom stereocenters. The molecule has 2 aromatic rings. The number of aromatic carboxylic acids is 1. The Morgan fingerprint density at radius 2 is 2.10 bits per heavy atom. The first-order chi connectivity index (χ1) is 9.37. The Labute approximate surface area is 120 Å². The van der Waals surface area contributed by atoms with E-state index < -0.39 is 16.0 Å². The van der Waals surface area contributed by atoms with E-state index in [-0.39, 0.29) is 12.1 Å². The highest BCUT2D eigenvalue weighted by molar-refractivity contribution is 7.88. The van der Waals surface area contributed by atoms with Crippen molar-refractivity contribution in [2.75, 3.05) is 6.26 Å². The molecule has 0 atom stereocenters. The van der Waals surface area contributed by atoms with E-state index in [4.69, 9.17) is 5.11 Å². The van der Waals surface area contributed by atoms with Crippen LogP contribution in [0.3, 0.4) is 0 Å². The third-order valence-corrected chi connectivity index (χ3v) is 4.16. The molecule has 0 fully saturated rings. The normalized spacial score (nSPS) is 11.4. The average molecular weight is 312 g/mol. The Balaban J connectivity index is 2.27. The summed E-state index contributed by atoms with van der Waals surface area (Å²) in [4.78, 5) is 15.9. The van der Waals surface area contributed by atoms with Crippen molar-refractivity contribution in [3.05, 3.63) is 41.0 Å². The molecule has 0 bridgehead atoms. The van der Waals surface area contributed by atoms with Crippen molar-refractivity contribution in [3.8, 4) is 10.4 Å². The van der Waals surface area contributed by atoms with Crippen LogP contribution >= 0.6 is 11.3 Å². The summed E-state index contributed by atoms with van der Waals surface area (Å²) in [5.74, 6) is -1.01. The molecule has 0 spiro atoms. The zero-order valence-corrected chi connectivity index (χ0v) is 12.2. The van der Waals surface area contributed by atoms with Crippen LogP contribution in [-0.2, 0) is 16.6 Å². The van der Waals surface area contributed by atoms with Crippen LogP contribution in [0.25, 0.3) is 10.4 Å². The molecule has 0 aliphatic heterocycles. The molecule has 106 valence electrons. The number of aromatic nitrogens is 1. The predicted molar refractivity (Wildman–Crippen MR) is 76.2 cm³/mol. The van der Waals surface area contributed by atoms with Gasteiger partial charge in [0.1, 0.15) is 5.01 Å². The molecular weight excluding hydrogens is 300 g/mol. The number of thiazole rings is 1. The zero-order valence-electron chi connectivity index (χ0n) is 10.5. The summed E-state index contributed by atoms with van der Waals surface area (Å²) >= 11 is 1.26. The molecule has 0 saturated carbocycles. The third kappa shape index (κ3) is 3.62. The molecule has 2 N–H and O–H groups in total. The highest BCUT2D eigenvalue weighted by Crippen LogP contribution is 2.29. The summed E-state index contributed by atoms with van der Waals surface area (Å²) in [6.45, 7) is 0.0960. The molecule has 20 heavy (non-hydrogen) atoms. The average Bonchev–Trinajstić information content (AvgIpc) is 2.84. The number of benzene rings is 1. The van der Waals surface area contributed by atoms with Crippen molar-refractivity contribution >= 4 is 27.3 Å². The van der Waals surface area contributed by atoms with Gasteiger partial charge in [-0.05, 0) is 6.07 Å². The molecule has 0 radical (unpaired) electrons.